The third-order valence-corrected chi connectivity index (χ3v) is 4.24. The minimum atomic E-state index is -0.481. The van der Waals surface area contributed by atoms with E-state index in [-0.39, 0.29) is 6.09 Å². The summed E-state index contributed by atoms with van der Waals surface area (Å²) in [7, 11) is 5.24. The highest BCUT2D eigenvalue weighted by molar-refractivity contribution is 5.80. The van der Waals surface area contributed by atoms with Gasteiger partial charge in [0.25, 0.3) is 0 Å². The van der Waals surface area contributed by atoms with Gasteiger partial charge in [0, 0.05) is 60.6 Å². The van der Waals surface area contributed by atoms with Crippen molar-refractivity contribution < 1.29 is 19.0 Å². The van der Waals surface area contributed by atoms with Crippen LogP contribution in [0.15, 0.2) is 4.99 Å². The molecule has 1 aliphatic heterocycles. The number of piperidine rings is 1. The van der Waals surface area contributed by atoms with Gasteiger partial charge in [-0.25, -0.2) is 4.79 Å². The van der Waals surface area contributed by atoms with Crippen LogP contribution in [0.2, 0.25) is 0 Å². The number of carbonyl (C=O) groups is 1. The number of likely N-dealkylation sites (N-methyl/N-ethyl adjacent to an activating group) is 1. The van der Waals surface area contributed by atoms with Crippen molar-refractivity contribution in [2.24, 2.45) is 4.99 Å². The van der Waals surface area contributed by atoms with E-state index >= 15 is 0 Å². The third-order valence-electron chi connectivity index (χ3n) is 4.24. The molecule has 0 spiro atoms. The van der Waals surface area contributed by atoms with E-state index in [9.17, 15) is 4.79 Å². The van der Waals surface area contributed by atoms with E-state index in [0.29, 0.717) is 19.2 Å². The SMILES string of the molecule is CN=C(NCCN(C)C(=O)OC(C)(C)C)N1CCC(OCCCOC)CC1. The first-order valence-corrected chi connectivity index (χ1v) is 9.77. The van der Waals surface area contributed by atoms with Crippen LogP contribution in [0, 0.1) is 0 Å². The van der Waals surface area contributed by atoms with E-state index in [2.05, 4.69) is 15.2 Å². The lowest BCUT2D eigenvalue weighted by Crippen LogP contribution is -2.48. The van der Waals surface area contributed by atoms with Gasteiger partial charge in [-0.15, -0.1) is 0 Å². The Morgan fingerprint density at radius 3 is 2.48 bits per heavy atom. The molecule has 0 atom stereocenters. The number of guanidine groups is 1. The number of likely N-dealkylation sites (tertiary alicyclic amines) is 1. The van der Waals surface area contributed by atoms with Crippen LogP contribution in [0.1, 0.15) is 40.0 Å². The summed E-state index contributed by atoms with van der Waals surface area (Å²) < 4.78 is 16.3. The Balaban J connectivity index is 2.28. The Bertz CT molecular complexity index is 457. The number of carbonyl (C=O) groups excluding carboxylic acids is 1. The van der Waals surface area contributed by atoms with Gasteiger partial charge in [0.1, 0.15) is 5.60 Å². The predicted molar refractivity (Wildman–Crippen MR) is 107 cm³/mol. The molecule has 0 saturated carbocycles. The maximum absolute atomic E-state index is 12.0. The Morgan fingerprint density at radius 1 is 1.26 bits per heavy atom. The number of amides is 1. The molecular formula is C19H38N4O4. The Hall–Kier alpha value is -1.54. The van der Waals surface area contributed by atoms with Crippen molar-refractivity contribution in [3.05, 3.63) is 0 Å². The standard InChI is InChI=1S/C19H38N4O4/c1-19(2,3)27-18(24)22(5)13-10-21-17(20-4)23-11-8-16(9-12-23)26-15-7-14-25-6/h16H,7-15H2,1-6H3,(H,20,21). The molecule has 0 unspecified atom stereocenters. The van der Waals surface area contributed by atoms with Gasteiger partial charge in [-0.2, -0.15) is 0 Å². The summed E-state index contributed by atoms with van der Waals surface area (Å²) in [6, 6.07) is 0. The number of hydrogen-bond donors (Lipinski definition) is 1. The molecule has 1 heterocycles. The van der Waals surface area contributed by atoms with Gasteiger partial charge >= 0.3 is 6.09 Å². The molecule has 1 aliphatic rings. The number of methoxy groups -OCH3 is 1. The van der Waals surface area contributed by atoms with Crippen LogP contribution < -0.4 is 5.32 Å². The summed E-state index contributed by atoms with van der Waals surface area (Å²) in [5.74, 6) is 0.866. The summed E-state index contributed by atoms with van der Waals surface area (Å²) in [6.07, 6.45) is 2.92. The van der Waals surface area contributed by atoms with Crippen LogP contribution in [-0.4, -0.2) is 94.2 Å². The lowest BCUT2D eigenvalue weighted by atomic mass is 10.1. The highest BCUT2D eigenvalue weighted by Gasteiger charge is 2.22. The van der Waals surface area contributed by atoms with Crippen molar-refractivity contribution in [1.82, 2.24) is 15.1 Å². The molecule has 1 N–H and O–H groups in total. The predicted octanol–water partition coefficient (Wildman–Crippen LogP) is 1.95. The maximum atomic E-state index is 12.0. The smallest absolute Gasteiger partial charge is 0.410 e. The second kappa shape index (κ2) is 12.0. The molecule has 8 nitrogen and oxygen atoms in total. The Morgan fingerprint density at radius 2 is 1.93 bits per heavy atom. The first-order chi connectivity index (χ1) is 12.8. The fraction of sp³-hybridized carbons (Fsp3) is 0.895. The molecule has 1 saturated heterocycles. The number of rotatable bonds is 8. The summed E-state index contributed by atoms with van der Waals surface area (Å²) in [4.78, 5) is 20.2. The number of ether oxygens (including phenoxy) is 3. The van der Waals surface area contributed by atoms with Crippen molar-refractivity contribution >= 4 is 12.1 Å². The van der Waals surface area contributed by atoms with Crippen LogP contribution in [0.25, 0.3) is 0 Å². The summed E-state index contributed by atoms with van der Waals surface area (Å²) in [5.41, 5.74) is -0.481. The zero-order valence-electron chi connectivity index (χ0n) is 17.9. The fourth-order valence-corrected chi connectivity index (χ4v) is 2.79. The van der Waals surface area contributed by atoms with E-state index in [1.807, 2.05) is 20.8 Å². The molecule has 1 fully saturated rings. The Kier molecular flexibility index (Phi) is 10.5. The molecule has 0 bridgehead atoms. The highest BCUT2D eigenvalue weighted by atomic mass is 16.6. The van der Waals surface area contributed by atoms with Gasteiger partial charge in [-0.05, 0) is 40.0 Å². The minimum absolute atomic E-state index is 0.314. The molecule has 1 rings (SSSR count). The van der Waals surface area contributed by atoms with Gasteiger partial charge < -0.3 is 29.3 Å². The molecule has 1 amide bonds. The molecule has 0 aromatic carbocycles. The zero-order chi connectivity index (χ0) is 20.3. The first kappa shape index (κ1) is 23.5. The van der Waals surface area contributed by atoms with Gasteiger partial charge in [0.2, 0.25) is 0 Å². The fourth-order valence-electron chi connectivity index (χ4n) is 2.79. The first-order valence-electron chi connectivity index (χ1n) is 9.77. The number of aliphatic imine (C=N–C) groups is 1. The van der Waals surface area contributed by atoms with Crippen LogP contribution in [0.5, 0.6) is 0 Å². The molecular weight excluding hydrogens is 348 g/mol. The van der Waals surface area contributed by atoms with Crippen LogP contribution >= 0.6 is 0 Å². The molecule has 0 aliphatic carbocycles. The minimum Gasteiger partial charge on any atom is -0.444 e. The summed E-state index contributed by atoms with van der Waals surface area (Å²) >= 11 is 0. The second-order valence-electron chi connectivity index (χ2n) is 7.78. The third kappa shape index (κ3) is 9.81. The largest absolute Gasteiger partial charge is 0.444 e. The monoisotopic (exact) mass is 386 g/mol. The number of nitrogens with zero attached hydrogens (tertiary/aromatic N) is 3. The molecule has 0 aromatic rings. The van der Waals surface area contributed by atoms with E-state index in [4.69, 9.17) is 14.2 Å². The number of hydrogen-bond acceptors (Lipinski definition) is 5. The lowest BCUT2D eigenvalue weighted by molar-refractivity contribution is 0.00982. The highest BCUT2D eigenvalue weighted by Crippen LogP contribution is 2.14. The second-order valence-corrected chi connectivity index (χ2v) is 7.78. The number of nitrogens with one attached hydrogen (secondary N) is 1. The molecule has 8 heteroatoms. The lowest BCUT2D eigenvalue weighted by Gasteiger charge is -2.34. The van der Waals surface area contributed by atoms with Crippen molar-refractivity contribution in [2.45, 2.75) is 51.7 Å². The van der Waals surface area contributed by atoms with Crippen LogP contribution in [0.3, 0.4) is 0 Å². The normalized spacial score (nSPS) is 16.4. The quantitative estimate of drug-likeness (QED) is 0.390. The zero-order valence-corrected chi connectivity index (χ0v) is 17.9. The van der Waals surface area contributed by atoms with E-state index in [1.54, 1.807) is 26.1 Å². The van der Waals surface area contributed by atoms with Gasteiger partial charge in [-0.3, -0.25) is 4.99 Å². The molecule has 0 aromatic heterocycles. The molecule has 0 radical (unpaired) electrons. The van der Waals surface area contributed by atoms with Crippen molar-refractivity contribution in [2.75, 3.05) is 60.6 Å². The Labute approximate surface area is 164 Å². The van der Waals surface area contributed by atoms with E-state index < -0.39 is 5.60 Å². The summed E-state index contributed by atoms with van der Waals surface area (Å²) in [5, 5.41) is 3.33. The van der Waals surface area contributed by atoms with Gasteiger partial charge in [0.15, 0.2) is 5.96 Å². The van der Waals surface area contributed by atoms with Gasteiger partial charge in [0.05, 0.1) is 6.10 Å². The van der Waals surface area contributed by atoms with Crippen LogP contribution in [-0.2, 0) is 14.2 Å². The average Bonchev–Trinajstić information content (AvgIpc) is 2.61. The van der Waals surface area contributed by atoms with E-state index in [0.717, 1.165) is 51.5 Å². The summed E-state index contributed by atoms with van der Waals surface area (Å²) in [6.45, 7) is 10.1. The maximum Gasteiger partial charge on any atom is 0.410 e. The van der Waals surface area contributed by atoms with Crippen LogP contribution in [0.4, 0.5) is 4.79 Å². The molecule has 27 heavy (non-hydrogen) atoms. The van der Waals surface area contributed by atoms with Crippen molar-refractivity contribution in [1.29, 1.82) is 0 Å². The molecule has 158 valence electrons. The van der Waals surface area contributed by atoms with Gasteiger partial charge in [-0.1, -0.05) is 0 Å². The van der Waals surface area contributed by atoms with Crippen molar-refractivity contribution in [3.8, 4) is 0 Å². The van der Waals surface area contributed by atoms with E-state index in [1.165, 1.54) is 0 Å². The topological polar surface area (TPSA) is 75.6 Å². The average molecular weight is 387 g/mol. The van der Waals surface area contributed by atoms with Crippen molar-refractivity contribution in [3.63, 3.8) is 0 Å².